The summed E-state index contributed by atoms with van der Waals surface area (Å²) in [4.78, 5) is 19.6. The lowest BCUT2D eigenvalue weighted by atomic mass is 9.91. The van der Waals surface area contributed by atoms with Crippen molar-refractivity contribution in [2.75, 3.05) is 19.6 Å². The first kappa shape index (κ1) is 21.5. The molecule has 2 aromatic rings. The molecule has 3 rings (SSSR count). The van der Waals surface area contributed by atoms with Gasteiger partial charge in [-0.15, -0.1) is 0 Å². The van der Waals surface area contributed by atoms with Crippen LogP contribution in [-0.4, -0.2) is 46.0 Å². The van der Waals surface area contributed by atoms with Gasteiger partial charge in [-0.1, -0.05) is 26.0 Å². The Balaban J connectivity index is 1.54. The number of fused-ring (bicyclic) bond motifs is 1. The third-order valence-electron chi connectivity index (χ3n) is 5.93. The van der Waals surface area contributed by atoms with E-state index < -0.39 is 0 Å². The standard InChI is InChI=1S/C23H33FN4O/c1-4-27(5-2)13-7-8-17(3)25-23(29)21-16-28-15-19(11-12-22(28)26-21)18-9-6-10-20(24)14-18/h6,9-10,14,16-17,19H,4-5,7-8,11-13,15H2,1-3H3,(H,25,29). The molecule has 0 saturated carbocycles. The third kappa shape index (κ3) is 5.66. The molecule has 0 radical (unpaired) electrons. The Labute approximate surface area is 173 Å². The first-order valence-corrected chi connectivity index (χ1v) is 10.8. The van der Waals surface area contributed by atoms with Gasteiger partial charge in [0.2, 0.25) is 0 Å². The lowest BCUT2D eigenvalue weighted by molar-refractivity contribution is 0.0932. The van der Waals surface area contributed by atoms with Gasteiger partial charge in [0.15, 0.2) is 0 Å². The van der Waals surface area contributed by atoms with Crippen LogP contribution in [0.2, 0.25) is 0 Å². The largest absolute Gasteiger partial charge is 0.348 e. The number of hydrogen-bond donors (Lipinski definition) is 1. The fourth-order valence-electron chi connectivity index (χ4n) is 4.12. The van der Waals surface area contributed by atoms with Crippen molar-refractivity contribution in [2.45, 2.75) is 65.0 Å². The Bertz CT molecular complexity index is 815. The third-order valence-corrected chi connectivity index (χ3v) is 5.93. The fourth-order valence-corrected chi connectivity index (χ4v) is 4.12. The minimum atomic E-state index is -0.200. The number of halogens is 1. The number of nitrogens with one attached hydrogen (secondary N) is 1. The van der Waals surface area contributed by atoms with Crippen LogP contribution in [0, 0.1) is 5.82 Å². The van der Waals surface area contributed by atoms with Crippen molar-refractivity contribution in [2.24, 2.45) is 0 Å². The Kier molecular flexibility index (Phi) is 7.42. The van der Waals surface area contributed by atoms with Crippen molar-refractivity contribution in [3.63, 3.8) is 0 Å². The molecular weight excluding hydrogens is 367 g/mol. The Morgan fingerprint density at radius 2 is 2.17 bits per heavy atom. The zero-order valence-corrected chi connectivity index (χ0v) is 17.8. The van der Waals surface area contributed by atoms with Crippen LogP contribution in [0.15, 0.2) is 30.5 Å². The van der Waals surface area contributed by atoms with Crippen LogP contribution in [0.5, 0.6) is 0 Å². The molecule has 1 aromatic carbocycles. The van der Waals surface area contributed by atoms with Crippen molar-refractivity contribution >= 4 is 5.91 Å². The van der Waals surface area contributed by atoms with Crippen LogP contribution in [0.4, 0.5) is 4.39 Å². The Morgan fingerprint density at radius 3 is 2.90 bits per heavy atom. The minimum absolute atomic E-state index is 0.107. The summed E-state index contributed by atoms with van der Waals surface area (Å²) in [5.41, 5.74) is 1.49. The molecule has 0 aliphatic carbocycles. The predicted octanol–water partition coefficient (Wildman–Crippen LogP) is 3.99. The maximum absolute atomic E-state index is 13.5. The second-order valence-electron chi connectivity index (χ2n) is 8.03. The number of amides is 1. The second-order valence-corrected chi connectivity index (χ2v) is 8.03. The van der Waals surface area contributed by atoms with E-state index in [1.807, 2.05) is 12.3 Å². The number of hydrogen-bond acceptors (Lipinski definition) is 3. The van der Waals surface area contributed by atoms with E-state index in [9.17, 15) is 9.18 Å². The molecule has 1 amide bonds. The molecule has 2 atom stereocenters. The molecule has 0 spiro atoms. The summed E-state index contributed by atoms with van der Waals surface area (Å²) >= 11 is 0. The van der Waals surface area contributed by atoms with Gasteiger partial charge in [0.1, 0.15) is 17.3 Å². The Hall–Kier alpha value is -2.21. The predicted molar refractivity (Wildman–Crippen MR) is 114 cm³/mol. The van der Waals surface area contributed by atoms with E-state index in [-0.39, 0.29) is 23.7 Å². The van der Waals surface area contributed by atoms with E-state index in [1.165, 1.54) is 6.07 Å². The highest BCUT2D eigenvalue weighted by Crippen LogP contribution is 2.29. The number of aryl methyl sites for hydroxylation is 1. The van der Waals surface area contributed by atoms with E-state index in [0.29, 0.717) is 5.69 Å². The van der Waals surface area contributed by atoms with Gasteiger partial charge < -0.3 is 14.8 Å². The average molecular weight is 401 g/mol. The van der Waals surface area contributed by atoms with Crippen molar-refractivity contribution in [1.29, 1.82) is 0 Å². The molecule has 1 N–H and O–H groups in total. The molecule has 0 bridgehead atoms. The number of benzene rings is 1. The van der Waals surface area contributed by atoms with Crippen molar-refractivity contribution < 1.29 is 9.18 Å². The molecule has 2 heterocycles. The maximum atomic E-state index is 13.5. The topological polar surface area (TPSA) is 50.2 Å². The number of nitrogens with zero attached hydrogens (tertiary/aromatic N) is 3. The number of rotatable bonds is 9. The molecule has 158 valence electrons. The molecular formula is C23H33FN4O. The second kappa shape index (κ2) is 10.0. The van der Waals surface area contributed by atoms with Crippen LogP contribution < -0.4 is 5.32 Å². The monoisotopic (exact) mass is 400 g/mol. The van der Waals surface area contributed by atoms with Gasteiger partial charge in [0, 0.05) is 31.1 Å². The number of carbonyl (C=O) groups is 1. The van der Waals surface area contributed by atoms with E-state index in [2.05, 4.69) is 40.5 Å². The zero-order chi connectivity index (χ0) is 20.8. The smallest absolute Gasteiger partial charge is 0.271 e. The summed E-state index contributed by atoms with van der Waals surface area (Å²) in [6, 6.07) is 6.94. The van der Waals surface area contributed by atoms with Crippen molar-refractivity contribution in [3.05, 3.63) is 53.4 Å². The summed E-state index contributed by atoms with van der Waals surface area (Å²) in [5.74, 6) is 0.887. The molecule has 5 nitrogen and oxygen atoms in total. The van der Waals surface area contributed by atoms with E-state index in [0.717, 1.165) is 63.3 Å². The highest BCUT2D eigenvalue weighted by Gasteiger charge is 2.24. The summed E-state index contributed by atoms with van der Waals surface area (Å²) in [6.45, 7) is 10.3. The van der Waals surface area contributed by atoms with Gasteiger partial charge in [-0.2, -0.15) is 0 Å². The van der Waals surface area contributed by atoms with Gasteiger partial charge in [0.25, 0.3) is 5.91 Å². The highest BCUT2D eigenvalue weighted by molar-refractivity contribution is 5.92. The molecule has 0 fully saturated rings. The molecule has 6 heteroatoms. The SMILES string of the molecule is CCN(CC)CCCC(C)NC(=O)c1cn2c(n1)CCC(c1cccc(F)c1)C2. The van der Waals surface area contributed by atoms with Crippen LogP contribution in [-0.2, 0) is 13.0 Å². The van der Waals surface area contributed by atoms with Crippen LogP contribution in [0.25, 0.3) is 0 Å². The number of imidazole rings is 1. The summed E-state index contributed by atoms with van der Waals surface area (Å²) < 4.78 is 15.6. The minimum Gasteiger partial charge on any atom is -0.348 e. The summed E-state index contributed by atoms with van der Waals surface area (Å²) in [5, 5.41) is 3.08. The van der Waals surface area contributed by atoms with Gasteiger partial charge in [0.05, 0.1) is 0 Å². The average Bonchev–Trinajstić information content (AvgIpc) is 3.15. The molecule has 1 aliphatic heterocycles. The fraction of sp³-hybridized carbons (Fsp3) is 0.565. The normalized spacial score (nSPS) is 17.2. The lowest BCUT2D eigenvalue weighted by Gasteiger charge is -2.24. The molecule has 2 unspecified atom stereocenters. The van der Waals surface area contributed by atoms with E-state index >= 15 is 0 Å². The van der Waals surface area contributed by atoms with Crippen molar-refractivity contribution in [1.82, 2.24) is 19.8 Å². The Morgan fingerprint density at radius 1 is 1.38 bits per heavy atom. The van der Waals surface area contributed by atoms with E-state index in [4.69, 9.17) is 0 Å². The summed E-state index contributed by atoms with van der Waals surface area (Å²) in [6.07, 6.45) is 5.59. The molecule has 1 aromatic heterocycles. The number of aromatic nitrogens is 2. The van der Waals surface area contributed by atoms with E-state index in [1.54, 1.807) is 12.1 Å². The van der Waals surface area contributed by atoms with Crippen LogP contribution >= 0.6 is 0 Å². The molecule has 1 aliphatic rings. The highest BCUT2D eigenvalue weighted by atomic mass is 19.1. The van der Waals surface area contributed by atoms with Gasteiger partial charge in [-0.25, -0.2) is 9.37 Å². The molecule has 0 saturated heterocycles. The first-order valence-electron chi connectivity index (χ1n) is 10.8. The first-order chi connectivity index (χ1) is 14.0. The van der Waals surface area contributed by atoms with Crippen LogP contribution in [0.1, 0.15) is 67.8 Å². The maximum Gasteiger partial charge on any atom is 0.271 e. The summed E-state index contributed by atoms with van der Waals surface area (Å²) in [7, 11) is 0. The number of carbonyl (C=O) groups excluding carboxylic acids is 1. The zero-order valence-electron chi connectivity index (χ0n) is 17.8. The molecule has 29 heavy (non-hydrogen) atoms. The van der Waals surface area contributed by atoms with Gasteiger partial charge >= 0.3 is 0 Å². The quantitative estimate of drug-likeness (QED) is 0.692. The van der Waals surface area contributed by atoms with Gasteiger partial charge in [-0.3, -0.25) is 4.79 Å². The van der Waals surface area contributed by atoms with Crippen LogP contribution in [0.3, 0.4) is 0 Å². The van der Waals surface area contributed by atoms with Gasteiger partial charge in [-0.05, 0) is 63.5 Å². The lowest BCUT2D eigenvalue weighted by Crippen LogP contribution is -2.34. The van der Waals surface area contributed by atoms with Crippen molar-refractivity contribution in [3.8, 4) is 0 Å².